The molecule has 2 saturated heterocycles. The first kappa shape index (κ1) is 16.3. The van der Waals surface area contributed by atoms with Gasteiger partial charge in [0.2, 0.25) is 5.91 Å². The Morgan fingerprint density at radius 3 is 2.74 bits per heavy atom. The Morgan fingerprint density at radius 1 is 1.26 bits per heavy atom. The van der Waals surface area contributed by atoms with Gasteiger partial charge in [-0.2, -0.15) is 0 Å². The molecule has 0 aliphatic carbocycles. The lowest BCUT2D eigenvalue weighted by molar-refractivity contribution is -0.143. The lowest BCUT2D eigenvalue weighted by Crippen LogP contribution is -2.48. The highest BCUT2D eigenvalue weighted by Crippen LogP contribution is 2.29. The summed E-state index contributed by atoms with van der Waals surface area (Å²) < 4.78 is 26.5. The minimum atomic E-state index is -2.60. The van der Waals surface area contributed by atoms with Crippen molar-refractivity contribution in [3.63, 3.8) is 0 Å². The van der Waals surface area contributed by atoms with E-state index in [0.717, 1.165) is 31.6 Å². The van der Waals surface area contributed by atoms with Crippen molar-refractivity contribution >= 4 is 5.91 Å². The van der Waals surface area contributed by atoms with E-state index < -0.39 is 5.92 Å². The number of piperidine rings is 2. The van der Waals surface area contributed by atoms with Crippen LogP contribution in [-0.4, -0.2) is 52.8 Å². The fraction of sp³-hybridized carbons (Fsp3) is 0.647. The average molecular weight is 323 g/mol. The van der Waals surface area contributed by atoms with E-state index in [4.69, 9.17) is 0 Å². The molecule has 0 saturated carbocycles. The number of hydrogen-bond acceptors (Lipinski definition) is 3. The van der Waals surface area contributed by atoms with E-state index in [-0.39, 0.29) is 37.8 Å². The van der Waals surface area contributed by atoms with Crippen LogP contribution in [0.25, 0.3) is 0 Å². The molecule has 0 aromatic carbocycles. The molecule has 2 aliphatic rings. The van der Waals surface area contributed by atoms with Crippen LogP contribution in [0.5, 0.6) is 0 Å². The summed E-state index contributed by atoms with van der Waals surface area (Å²) in [6.07, 6.45) is 3.18. The van der Waals surface area contributed by atoms with Crippen LogP contribution in [0.2, 0.25) is 0 Å². The van der Waals surface area contributed by atoms with Crippen LogP contribution in [0.15, 0.2) is 24.4 Å². The van der Waals surface area contributed by atoms with Crippen LogP contribution in [0.3, 0.4) is 0 Å². The molecule has 0 radical (unpaired) electrons. The minimum absolute atomic E-state index is 0.0474. The molecule has 6 heteroatoms. The highest BCUT2D eigenvalue weighted by molar-refractivity contribution is 5.79. The van der Waals surface area contributed by atoms with Gasteiger partial charge in [0.15, 0.2) is 0 Å². The molecule has 1 unspecified atom stereocenters. The molecule has 2 fully saturated rings. The normalized spacial score (nSPS) is 25.3. The summed E-state index contributed by atoms with van der Waals surface area (Å²) in [6, 6.07) is 5.83. The first-order valence-corrected chi connectivity index (χ1v) is 8.32. The van der Waals surface area contributed by atoms with Gasteiger partial charge in [0, 0.05) is 45.2 Å². The molecule has 2 aliphatic heterocycles. The van der Waals surface area contributed by atoms with Gasteiger partial charge < -0.3 is 4.90 Å². The SMILES string of the molecule is O=C(C1CCCN(Cc2ccccn2)C1)N1CCC(F)(F)CC1. The Labute approximate surface area is 135 Å². The molecule has 126 valence electrons. The molecule has 1 aromatic rings. The molecule has 0 bridgehead atoms. The van der Waals surface area contributed by atoms with Gasteiger partial charge in [0.1, 0.15) is 0 Å². The van der Waals surface area contributed by atoms with Gasteiger partial charge in [-0.05, 0) is 31.5 Å². The number of pyridine rings is 1. The van der Waals surface area contributed by atoms with Crippen molar-refractivity contribution < 1.29 is 13.6 Å². The van der Waals surface area contributed by atoms with Gasteiger partial charge in [-0.15, -0.1) is 0 Å². The van der Waals surface area contributed by atoms with Crippen molar-refractivity contribution in [2.75, 3.05) is 26.2 Å². The molecule has 1 atom stereocenters. The van der Waals surface area contributed by atoms with Gasteiger partial charge in [-0.1, -0.05) is 6.07 Å². The lowest BCUT2D eigenvalue weighted by Gasteiger charge is -2.37. The molecule has 3 heterocycles. The average Bonchev–Trinajstić information content (AvgIpc) is 2.55. The van der Waals surface area contributed by atoms with Crippen LogP contribution in [0.4, 0.5) is 8.78 Å². The molecule has 0 spiro atoms. The van der Waals surface area contributed by atoms with E-state index in [9.17, 15) is 13.6 Å². The molecule has 1 aromatic heterocycles. The summed E-state index contributed by atoms with van der Waals surface area (Å²) in [5.41, 5.74) is 0.998. The van der Waals surface area contributed by atoms with Crippen molar-refractivity contribution in [1.82, 2.24) is 14.8 Å². The standard InChI is InChI=1S/C17H23F2N3O/c18-17(19)6-10-22(11-7-17)16(23)14-4-3-9-21(12-14)13-15-5-1-2-8-20-15/h1-2,5,8,14H,3-4,6-7,9-13H2. The van der Waals surface area contributed by atoms with Crippen molar-refractivity contribution in [3.05, 3.63) is 30.1 Å². The third kappa shape index (κ3) is 4.25. The van der Waals surface area contributed by atoms with Gasteiger partial charge >= 0.3 is 0 Å². The maximum Gasteiger partial charge on any atom is 0.251 e. The first-order valence-electron chi connectivity index (χ1n) is 8.32. The summed E-state index contributed by atoms with van der Waals surface area (Å²) in [5.74, 6) is -2.63. The highest BCUT2D eigenvalue weighted by atomic mass is 19.3. The fourth-order valence-corrected chi connectivity index (χ4v) is 3.43. The van der Waals surface area contributed by atoms with Crippen molar-refractivity contribution in [2.45, 2.75) is 38.2 Å². The van der Waals surface area contributed by atoms with Crippen LogP contribution < -0.4 is 0 Å². The number of nitrogens with zero attached hydrogens (tertiary/aromatic N) is 3. The van der Waals surface area contributed by atoms with Crippen LogP contribution in [-0.2, 0) is 11.3 Å². The maximum absolute atomic E-state index is 13.2. The van der Waals surface area contributed by atoms with Gasteiger partial charge in [-0.25, -0.2) is 8.78 Å². The second-order valence-corrected chi connectivity index (χ2v) is 6.58. The topological polar surface area (TPSA) is 36.4 Å². The molecule has 4 nitrogen and oxygen atoms in total. The Balaban J connectivity index is 1.55. The van der Waals surface area contributed by atoms with E-state index in [1.807, 2.05) is 18.2 Å². The quantitative estimate of drug-likeness (QED) is 0.858. The minimum Gasteiger partial charge on any atom is -0.342 e. The van der Waals surface area contributed by atoms with E-state index in [0.29, 0.717) is 6.54 Å². The number of amides is 1. The molecule has 0 N–H and O–H groups in total. The molecular formula is C17H23F2N3O. The van der Waals surface area contributed by atoms with Gasteiger partial charge in [-0.3, -0.25) is 14.7 Å². The smallest absolute Gasteiger partial charge is 0.251 e. The second-order valence-electron chi connectivity index (χ2n) is 6.58. The number of alkyl halides is 2. The molecule has 3 rings (SSSR count). The third-order valence-electron chi connectivity index (χ3n) is 4.77. The Kier molecular flexibility index (Phi) is 4.90. The van der Waals surface area contributed by atoms with Crippen molar-refractivity contribution in [1.29, 1.82) is 0 Å². The predicted molar refractivity (Wildman–Crippen MR) is 83.0 cm³/mol. The molecular weight excluding hydrogens is 300 g/mol. The Bertz CT molecular complexity index is 528. The summed E-state index contributed by atoms with van der Waals surface area (Å²) in [7, 11) is 0. The van der Waals surface area contributed by atoms with E-state index in [1.54, 1.807) is 11.1 Å². The first-order chi connectivity index (χ1) is 11.0. The number of aromatic nitrogens is 1. The fourth-order valence-electron chi connectivity index (χ4n) is 3.43. The number of hydrogen-bond donors (Lipinski definition) is 0. The summed E-state index contributed by atoms with van der Waals surface area (Å²) >= 11 is 0. The van der Waals surface area contributed by atoms with Crippen LogP contribution in [0.1, 0.15) is 31.4 Å². The van der Waals surface area contributed by atoms with Gasteiger partial charge in [0.05, 0.1) is 11.6 Å². The Hall–Kier alpha value is -1.56. The van der Waals surface area contributed by atoms with Crippen molar-refractivity contribution in [3.8, 4) is 0 Å². The summed E-state index contributed by atoms with van der Waals surface area (Å²) in [5, 5.41) is 0. The predicted octanol–water partition coefficient (Wildman–Crippen LogP) is 2.55. The van der Waals surface area contributed by atoms with Gasteiger partial charge in [0.25, 0.3) is 5.92 Å². The number of carbonyl (C=O) groups is 1. The van der Waals surface area contributed by atoms with E-state index in [1.165, 1.54) is 0 Å². The zero-order valence-electron chi connectivity index (χ0n) is 13.3. The maximum atomic E-state index is 13.2. The second kappa shape index (κ2) is 6.91. The highest BCUT2D eigenvalue weighted by Gasteiger charge is 2.38. The number of likely N-dealkylation sites (tertiary alicyclic amines) is 2. The summed E-state index contributed by atoms with van der Waals surface area (Å²) in [6.45, 7) is 2.76. The van der Waals surface area contributed by atoms with E-state index in [2.05, 4.69) is 9.88 Å². The number of halogens is 2. The third-order valence-corrected chi connectivity index (χ3v) is 4.77. The zero-order valence-corrected chi connectivity index (χ0v) is 13.3. The number of rotatable bonds is 3. The van der Waals surface area contributed by atoms with E-state index >= 15 is 0 Å². The largest absolute Gasteiger partial charge is 0.342 e. The summed E-state index contributed by atoms with van der Waals surface area (Å²) in [4.78, 5) is 20.8. The monoisotopic (exact) mass is 323 g/mol. The molecule has 23 heavy (non-hydrogen) atoms. The molecule has 1 amide bonds. The van der Waals surface area contributed by atoms with Crippen LogP contribution >= 0.6 is 0 Å². The Morgan fingerprint density at radius 2 is 2.04 bits per heavy atom. The van der Waals surface area contributed by atoms with Crippen LogP contribution in [0, 0.1) is 5.92 Å². The van der Waals surface area contributed by atoms with Crippen molar-refractivity contribution in [2.24, 2.45) is 5.92 Å². The lowest BCUT2D eigenvalue weighted by atomic mass is 9.95. The zero-order chi connectivity index (χ0) is 16.3. The number of carbonyl (C=O) groups excluding carboxylic acids is 1.